The van der Waals surface area contributed by atoms with Gasteiger partial charge in [0, 0.05) is 22.8 Å². The third kappa shape index (κ3) is 4.78. The van der Waals surface area contributed by atoms with Crippen LogP contribution in [0.3, 0.4) is 0 Å². The second-order valence-corrected chi connectivity index (χ2v) is 12.1. The average Bonchev–Trinajstić information content (AvgIpc) is 2.88. The normalized spacial score (nSPS) is 21.4. The van der Waals surface area contributed by atoms with E-state index in [-0.39, 0.29) is 21.9 Å². The van der Waals surface area contributed by atoms with Gasteiger partial charge >= 0.3 is 0 Å². The molecule has 0 saturated carbocycles. The number of methoxy groups -OCH3 is 2. The highest BCUT2D eigenvalue weighted by molar-refractivity contribution is 8.17. The van der Waals surface area contributed by atoms with Crippen molar-refractivity contribution >= 4 is 29.4 Å². The summed E-state index contributed by atoms with van der Waals surface area (Å²) in [6.07, 6.45) is 2.32. The number of amides is 1. The summed E-state index contributed by atoms with van der Waals surface area (Å²) in [6.45, 7) is 2.98. The average molecular weight is 506 g/mol. The van der Waals surface area contributed by atoms with E-state index in [0.29, 0.717) is 6.42 Å². The zero-order valence-corrected chi connectivity index (χ0v) is 22.0. The van der Waals surface area contributed by atoms with Crippen molar-refractivity contribution in [2.75, 3.05) is 20.8 Å². The lowest BCUT2D eigenvalue weighted by Crippen LogP contribution is -2.57. The van der Waals surface area contributed by atoms with Crippen LogP contribution in [-0.2, 0) is 16.8 Å². The highest BCUT2D eigenvalue weighted by Gasteiger charge is 2.49. The summed E-state index contributed by atoms with van der Waals surface area (Å²) in [6, 6.07) is 25.3. The van der Waals surface area contributed by atoms with Crippen LogP contribution >= 0.6 is 23.5 Å². The first-order valence-corrected chi connectivity index (χ1v) is 13.8. The third-order valence-corrected chi connectivity index (χ3v) is 10.1. The zero-order valence-electron chi connectivity index (χ0n) is 20.4. The number of thioether (sulfide) groups is 2. The SMILES string of the molecule is COc1cc2c(cc1OC)[C@@]1(C)C[C@H](C(Sc3ccccc3)Sc3ccccc3)CC(=O)N1CC2. The Morgan fingerprint density at radius 1 is 0.914 bits per heavy atom. The van der Waals surface area contributed by atoms with Crippen molar-refractivity contribution in [2.45, 2.75) is 46.1 Å². The van der Waals surface area contributed by atoms with Gasteiger partial charge in [-0.3, -0.25) is 4.79 Å². The predicted molar refractivity (Wildman–Crippen MR) is 143 cm³/mol. The number of carbonyl (C=O) groups is 1. The molecule has 2 aliphatic rings. The van der Waals surface area contributed by atoms with Crippen molar-refractivity contribution in [1.29, 1.82) is 0 Å². The van der Waals surface area contributed by atoms with Gasteiger partial charge in [0.05, 0.1) is 24.3 Å². The van der Waals surface area contributed by atoms with Crippen molar-refractivity contribution in [2.24, 2.45) is 5.92 Å². The van der Waals surface area contributed by atoms with Gasteiger partial charge in [-0.15, -0.1) is 23.5 Å². The number of nitrogens with zero attached hydrogens (tertiary/aromatic N) is 1. The molecule has 3 aromatic rings. The van der Waals surface area contributed by atoms with Crippen molar-refractivity contribution in [3.8, 4) is 11.5 Å². The molecule has 0 unspecified atom stereocenters. The smallest absolute Gasteiger partial charge is 0.223 e. The number of benzene rings is 3. The topological polar surface area (TPSA) is 38.8 Å². The number of hydrogen-bond donors (Lipinski definition) is 0. The van der Waals surface area contributed by atoms with Crippen LogP contribution in [0.25, 0.3) is 0 Å². The minimum absolute atomic E-state index is 0.216. The second-order valence-electron chi connectivity index (χ2n) is 9.33. The molecule has 1 amide bonds. The van der Waals surface area contributed by atoms with E-state index in [0.717, 1.165) is 30.9 Å². The number of carbonyl (C=O) groups excluding carboxylic acids is 1. The molecular weight excluding hydrogens is 474 g/mol. The van der Waals surface area contributed by atoms with Crippen LogP contribution in [0.4, 0.5) is 0 Å². The van der Waals surface area contributed by atoms with E-state index in [1.54, 1.807) is 14.2 Å². The quantitative estimate of drug-likeness (QED) is 0.266. The van der Waals surface area contributed by atoms with Gasteiger partial charge < -0.3 is 14.4 Å². The third-order valence-electron chi connectivity index (χ3n) is 7.16. The summed E-state index contributed by atoms with van der Waals surface area (Å²) in [5.41, 5.74) is 2.06. The standard InChI is InChI=1S/C29H31NO3S2/c1-29-19-21(28(34-22-10-6-4-7-11-22)35-23-12-8-5-9-13-23)17-27(31)30(29)15-14-20-16-25(32-2)26(33-3)18-24(20)29/h4-13,16,18,21,28H,14-15,17,19H2,1-3H3/t21-,29-/m1/s1. The van der Waals surface area contributed by atoms with E-state index in [2.05, 4.69) is 72.5 Å². The molecule has 0 spiro atoms. The van der Waals surface area contributed by atoms with Crippen LogP contribution in [0, 0.1) is 5.92 Å². The highest BCUT2D eigenvalue weighted by Crippen LogP contribution is 2.52. The molecule has 2 heterocycles. The Morgan fingerprint density at radius 3 is 2.06 bits per heavy atom. The Balaban J connectivity index is 1.51. The van der Waals surface area contributed by atoms with Crippen LogP contribution in [-0.4, -0.2) is 36.2 Å². The fourth-order valence-electron chi connectivity index (χ4n) is 5.47. The maximum Gasteiger partial charge on any atom is 0.223 e. The largest absolute Gasteiger partial charge is 0.493 e. The first-order chi connectivity index (χ1) is 17.0. The van der Waals surface area contributed by atoms with Crippen molar-refractivity contribution in [1.82, 2.24) is 4.90 Å². The lowest BCUT2D eigenvalue weighted by atomic mass is 9.72. The van der Waals surface area contributed by atoms with Crippen LogP contribution in [0.15, 0.2) is 82.6 Å². The highest BCUT2D eigenvalue weighted by atomic mass is 32.2. The van der Waals surface area contributed by atoms with E-state index >= 15 is 0 Å². The van der Waals surface area contributed by atoms with E-state index in [4.69, 9.17) is 9.47 Å². The Labute approximate surface area is 216 Å². The second kappa shape index (κ2) is 10.2. The predicted octanol–water partition coefficient (Wildman–Crippen LogP) is 6.62. The van der Waals surface area contributed by atoms with Gasteiger partial charge in [0.1, 0.15) is 0 Å². The van der Waals surface area contributed by atoms with Crippen LogP contribution < -0.4 is 9.47 Å². The lowest BCUT2D eigenvalue weighted by Gasteiger charge is -2.52. The number of ether oxygens (including phenoxy) is 2. The Kier molecular flexibility index (Phi) is 7.03. The van der Waals surface area contributed by atoms with E-state index < -0.39 is 0 Å². The first kappa shape index (κ1) is 24.1. The first-order valence-electron chi connectivity index (χ1n) is 12.0. The van der Waals surface area contributed by atoms with Gasteiger partial charge in [-0.05, 0) is 73.2 Å². The minimum Gasteiger partial charge on any atom is -0.493 e. The van der Waals surface area contributed by atoms with Crippen molar-refractivity contribution in [3.63, 3.8) is 0 Å². The van der Waals surface area contributed by atoms with Crippen LogP contribution in [0.5, 0.6) is 11.5 Å². The molecule has 2 aliphatic heterocycles. The summed E-state index contributed by atoms with van der Waals surface area (Å²) in [7, 11) is 3.35. The molecule has 0 radical (unpaired) electrons. The Hall–Kier alpha value is -2.57. The van der Waals surface area contributed by atoms with Crippen LogP contribution in [0.2, 0.25) is 0 Å². The van der Waals surface area contributed by atoms with Crippen LogP contribution in [0.1, 0.15) is 30.9 Å². The van der Waals surface area contributed by atoms with Gasteiger partial charge in [-0.1, -0.05) is 36.4 Å². The molecule has 5 rings (SSSR count). The van der Waals surface area contributed by atoms with Crippen molar-refractivity contribution < 1.29 is 14.3 Å². The molecule has 2 atom stereocenters. The van der Waals surface area contributed by atoms with Gasteiger partial charge in [0.15, 0.2) is 11.5 Å². The molecule has 4 nitrogen and oxygen atoms in total. The molecule has 1 saturated heterocycles. The Bertz CT molecular complexity index is 1150. The van der Waals surface area contributed by atoms with E-state index in [9.17, 15) is 4.79 Å². The molecular formula is C29H31NO3S2. The van der Waals surface area contributed by atoms with E-state index in [1.165, 1.54) is 20.9 Å². The molecule has 6 heteroatoms. The molecule has 35 heavy (non-hydrogen) atoms. The molecule has 0 N–H and O–H groups in total. The molecule has 0 aliphatic carbocycles. The summed E-state index contributed by atoms with van der Waals surface area (Å²) in [5, 5.41) is 0. The number of rotatable bonds is 7. The fourth-order valence-corrected chi connectivity index (χ4v) is 8.26. The van der Waals surface area contributed by atoms with Gasteiger partial charge in [-0.2, -0.15) is 0 Å². The van der Waals surface area contributed by atoms with Gasteiger partial charge in [0.2, 0.25) is 5.91 Å². The maximum atomic E-state index is 13.6. The maximum absolute atomic E-state index is 13.6. The number of piperidine rings is 1. The zero-order chi connectivity index (χ0) is 24.4. The Morgan fingerprint density at radius 2 is 1.49 bits per heavy atom. The van der Waals surface area contributed by atoms with Crippen molar-refractivity contribution in [3.05, 3.63) is 83.9 Å². The molecule has 3 aromatic carbocycles. The summed E-state index contributed by atoms with van der Waals surface area (Å²) < 4.78 is 11.4. The summed E-state index contributed by atoms with van der Waals surface area (Å²) >= 11 is 3.75. The molecule has 0 aromatic heterocycles. The van der Waals surface area contributed by atoms with Gasteiger partial charge in [0.25, 0.3) is 0 Å². The molecule has 182 valence electrons. The number of hydrogen-bond acceptors (Lipinski definition) is 5. The molecule has 0 bridgehead atoms. The van der Waals surface area contributed by atoms with E-state index in [1.807, 2.05) is 35.7 Å². The lowest BCUT2D eigenvalue weighted by molar-refractivity contribution is -0.145. The van der Waals surface area contributed by atoms with Gasteiger partial charge in [-0.25, -0.2) is 0 Å². The molecule has 1 fully saturated rings. The fraction of sp³-hybridized carbons (Fsp3) is 0.345. The monoisotopic (exact) mass is 505 g/mol. The summed E-state index contributed by atoms with van der Waals surface area (Å²) in [5.74, 6) is 1.94. The minimum atomic E-state index is -0.375. The number of fused-ring (bicyclic) bond motifs is 3. The summed E-state index contributed by atoms with van der Waals surface area (Å²) in [4.78, 5) is 18.2.